The maximum Gasteiger partial charge on any atom is 0.216 e. The first-order valence-electron chi connectivity index (χ1n) is 7.98. The number of hydrogen-bond acceptors (Lipinski definition) is 4. The van der Waals surface area contributed by atoms with Crippen LogP contribution in [0.5, 0.6) is 0 Å². The average Bonchev–Trinajstić information content (AvgIpc) is 3.24. The smallest absolute Gasteiger partial charge is 0.216 e. The highest BCUT2D eigenvalue weighted by Crippen LogP contribution is 2.22. The van der Waals surface area contributed by atoms with E-state index < -0.39 is 0 Å². The summed E-state index contributed by atoms with van der Waals surface area (Å²) in [5.74, 6) is 0. The molecule has 0 aliphatic rings. The normalized spacial score (nSPS) is 11.2. The van der Waals surface area contributed by atoms with Crippen LogP contribution in [0.4, 0.5) is 0 Å². The third-order valence-corrected chi connectivity index (χ3v) is 4.43. The maximum atomic E-state index is 9.33. The number of nitrogens with zero attached hydrogens (tertiary/aromatic N) is 5. The summed E-state index contributed by atoms with van der Waals surface area (Å²) >= 11 is 5.11. The molecule has 6 nitrogen and oxygen atoms in total. The minimum atomic E-state index is 0.438. The van der Waals surface area contributed by atoms with Crippen molar-refractivity contribution in [1.29, 1.82) is 5.26 Å². The van der Waals surface area contributed by atoms with E-state index in [2.05, 4.69) is 38.1 Å². The van der Waals surface area contributed by atoms with Gasteiger partial charge in [-0.25, -0.2) is 0 Å². The molecule has 0 saturated carbocycles. The highest BCUT2D eigenvalue weighted by molar-refractivity contribution is 7.71. The maximum absolute atomic E-state index is 9.33. The molecule has 2 aromatic carbocycles. The number of hydrogen-bond donors (Lipinski definition) is 1. The highest BCUT2D eigenvalue weighted by Gasteiger charge is 2.09. The van der Waals surface area contributed by atoms with E-state index in [9.17, 15) is 5.26 Å². The molecule has 0 bridgehead atoms. The number of benzene rings is 2. The summed E-state index contributed by atoms with van der Waals surface area (Å²) in [7, 11) is 0. The lowest BCUT2D eigenvalue weighted by Gasteiger charge is -2.07. The number of nitriles is 1. The first-order valence-corrected chi connectivity index (χ1v) is 8.39. The van der Waals surface area contributed by atoms with Gasteiger partial charge in [0.15, 0.2) is 0 Å². The Bertz CT molecular complexity index is 1200. The van der Waals surface area contributed by atoms with Gasteiger partial charge in [0, 0.05) is 29.2 Å². The number of nitrogens with one attached hydrogen (secondary N) is 1. The van der Waals surface area contributed by atoms with Crippen LogP contribution in [0.15, 0.2) is 66.2 Å². The second-order valence-electron chi connectivity index (χ2n) is 5.75. The van der Waals surface area contributed by atoms with Gasteiger partial charge in [0.25, 0.3) is 0 Å². The Morgan fingerprint density at radius 2 is 2.00 bits per heavy atom. The molecule has 0 amide bonds. The van der Waals surface area contributed by atoms with E-state index in [1.165, 1.54) is 11.0 Å². The molecule has 0 atom stereocenters. The molecule has 0 saturated heterocycles. The summed E-state index contributed by atoms with van der Waals surface area (Å²) in [6.07, 6.45) is 5.33. The molecule has 126 valence electrons. The Labute approximate surface area is 154 Å². The number of fused-ring (bicyclic) bond motifs is 1. The van der Waals surface area contributed by atoms with Crippen molar-refractivity contribution >= 4 is 29.3 Å². The highest BCUT2D eigenvalue weighted by atomic mass is 32.1. The molecule has 2 heterocycles. The van der Waals surface area contributed by atoms with E-state index in [0.717, 1.165) is 22.0 Å². The van der Waals surface area contributed by atoms with Crippen LogP contribution >= 0.6 is 12.2 Å². The van der Waals surface area contributed by atoms with Crippen molar-refractivity contribution in [2.75, 3.05) is 0 Å². The summed E-state index contributed by atoms with van der Waals surface area (Å²) < 4.78 is 4.07. The first kappa shape index (κ1) is 16.0. The Balaban J connectivity index is 1.77. The summed E-state index contributed by atoms with van der Waals surface area (Å²) in [4.78, 5) is 0. The fourth-order valence-electron chi connectivity index (χ4n) is 2.91. The SMILES string of the molecule is N#Cc1ccccc1Cn1cc(/C=N\n2cn[nH]c2=S)c2ccccc21. The molecule has 7 heteroatoms. The quantitative estimate of drug-likeness (QED) is 0.446. The van der Waals surface area contributed by atoms with E-state index in [1.807, 2.05) is 42.6 Å². The molecule has 0 fully saturated rings. The van der Waals surface area contributed by atoms with Crippen molar-refractivity contribution in [3.8, 4) is 6.07 Å². The molecule has 4 rings (SSSR count). The van der Waals surface area contributed by atoms with Crippen LogP contribution < -0.4 is 0 Å². The second-order valence-corrected chi connectivity index (χ2v) is 6.14. The fraction of sp³-hybridized carbons (Fsp3) is 0.0526. The van der Waals surface area contributed by atoms with Crippen LogP contribution in [0.2, 0.25) is 0 Å². The summed E-state index contributed by atoms with van der Waals surface area (Å²) in [6, 6.07) is 18.0. The Hall–Kier alpha value is -3.50. The van der Waals surface area contributed by atoms with E-state index in [4.69, 9.17) is 12.2 Å². The molecule has 2 aromatic heterocycles. The third kappa shape index (κ3) is 2.94. The monoisotopic (exact) mass is 358 g/mol. The van der Waals surface area contributed by atoms with Crippen molar-refractivity contribution in [3.63, 3.8) is 0 Å². The molecule has 0 aliphatic carbocycles. The number of rotatable bonds is 4. The van der Waals surface area contributed by atoms with Crippen LogP contribution in [0, 0.1) is 16.1 Å². The molecule has 0 radical (unpaired) electrons. The molecule has 0 aliphatic heterocycles. The van der Waals surface area contributed by atoms with Crippen LogP contribution in [0.1, 0.15) is 16.7 Å². The summed E-state index contributed by atoms with van der Waals surface area (Å²) in [6.45, 7) is 0.614. The largest absolute Gasteiger partial charge is 0.342 e. The lowest BCUT2D eigenvalue weighted by atomic mass is 10.1. The molecular weight excluding hydrogens is 344 g/mol. The van der Waals surface area contributed by atoms with Crippen molar-refractivity contribution in [3.05, 3.63) is 82.5 Å². The third-order valence-electron chi connectivity index (χ3n) is 4.15. The van der Waals surface area contributed by atoms with Crippen LogP contribution in [0.3, 0.4) is 0 Å². The van der Waals surface area contributed by atoms with Gasteiger partial charge in [-0.05, 0) is 29.9 Å². The lowest BCUT2D eigenvalue weighted by Crippen LogP contribution is -2.00. The first-order chi connectivity index (χ1) is 12.8. The molecule has 1 N–H and O–H groups in total. The van der Waals surface area contributed by atoms with Crippen molar-refractivity contribution < 1.29 is 0 Å². The van der Waals surface area contributed by atoms with Gasteiger partial charge in [0.2, 0.25) is 4.77 Å². The van der Waals surface area contributed by atoms with Gasteiger partial charge in [-0.1, -0.05) is 36.4 Å². The zero-order chi connectivity index (χ0) is 17.9. The second kappa shape index (κ2) is 6.78. The van der Waals surface area contributed by atoms with Gasteiger partial charge in [0.05, 0.1) is 17.8 Å². The minimum absolute atomic E-state index is 0.438. The Kier molecular flexibility index (Phi) is 4.17. The van der Waals surface area contributed by atoms with Gasteiger partial charge in [-0.3, -0.25) is 5.10 Å². The number of aromatic nitrogens is 4. The summed E-state index contributed by atoms with van der Waals surface area (Å²) in [5, 5.41) is 21.3. The van der Waals surface area contributed by atoms with Gasteiger partial charge in [0.1, 0.15) is 6.33 Å². The molecule has 26 heavy (non-hydrogen) atoms. The predicted octanol–water partition coefficient (Wildman–Crippen LogP) is 3.70. The van der Waals surface area contributed by atoms with Gasteiger partial charge in [-0.2, -0.15) is 20.1 Å². The van der Waals surface area contributed by atoms with Crippen LogP contribution in [0.25, 0.3) is 10.9 Å². The fourth-order valence-corrected chi connectivity index (χ4v) is 3.06. The lowest BCUT2D eigenvalue weighted by molar-refractivity contribution is 0.832. The zero-order valence-corrected chi connectivity index (χ0v) is 14.5. The number of aromatic amines is 1. The van der Waals surface area contributed by atoms with Crippen molar-refractivity contribution in [1.82, 2.24) is 19.4 Å². The van der Waals surface area contributed by atoms with Crippen LogP contribution in [-0.2, 0) is 6.54 Å². The van der Waals surface area contributed by atoms with E-state index in [-0.39, 0.29) is 0 Å². The molecule has 0 spiro atoms. The van der Waals surface area contributed by atoms with Gasteiger partial charge >= 0.3 is 0 Å². The van der Waals surface area contributed by atoms with E-state index in [1.54, 1.807) is 6.21 Å². The Morgan fingerprint density at radius 1 is 1.19 bits per heavy atom. The predicted molar refractivity (Wildman–Crippen MR) is 103 cm³/mol. The summed E-state index contributed by atoms with van der Waals surface area (Å²) in [5.41, 5.74) is 3.72. The number of H-pyrrole nitrogens is 1. The topological polar surface area (TPSA) is 74.7 Å². The number of para-hydroxylation sites is 1. The van der Waals surface area contributed by atoms with Crippen LogP contribution in [-0.4, -0.2) is 25.7 Å². The van der Waals surface area contributed by atoms with Crippen molar-refractivity contribution in [2.45, 2.75) is 6.54 Å². The Morgan fingerprint density at radius 3 is 2.81 bits per heavy atom. The zero-order valence-electron chi connectivity index (χ0n) is 13.7. The average molecular weight is 358 g/mol. The van der Waals surface area contributed by atoms with Crippen molar-refractivity contribution in [2.24, 2.45) is 5.10 Å². The molecular formula is C19H14N6S. The van der Waals surface area contributed by atoms with E-state index >= 15 is 0 Å². The van der Waals surface area contributed by atoms with Gasteiger partial charge in [-0.15, -0.1) is 0 Å². The van der Waals surface area contributed by atoms with Gasteiger partial charge < -0.3 is 4.57 Å². The van der Waals surface area contributed by atoms with E-state index in [0.29, 0.717) is 16.9 Å². The molecule has 0 unspecified atom stereocenters. The minimum Gasteiger partial charge on any atom is -0.342 e. The standard InChI is InChI=1S/C19H14N6S/c20-9-14-5-1-2-6-15(14)11-24-12-16(17-7-3-4-8-18(17)24)10-22-25-13-21-23-19(25)26/h1-8,10,12-13H,11H2,(H,23,26)/b22-10-. The molecule has 4 aromatic rings.